The number of nitrogens with zero attached hydrogens (tertiary/aromatic N) is 1. The van der Waals surface area contributed by atoms with Crippen molar-refractivity contribution in [3.63, 3.8) is 0 Å². The van der Waals surface area contributed by atoms with E-state index in [1.807, 2.05) is 0 Å². The van der Waals surface area contributed by atoms with Gasteiger partial charge in [-0.05, 0) is 25.5 Å². The lowest BCUT2D eigenvalue weighted by atomic mass is 9.89. The molecular weight excluding hydrogens is 182 g/mol. The van der Waals surface area contributed by atoms with E-state index < -0.39 is 11.5 Å². The highest BCUT2D eigenvalue weighted by Crippen LogP contribution is 2.31. The van der Waals surface area contributed by atoms with Crippen molar-refractivity contribution in [2.75, 3.05) is 0 Å². The zero-order chi connectivity index (χ0) is 10.3. The van der Waals surface area contributed by atoms with Crippen molar-refractivity contribution in [1.82, 2.24) is 4.57 Å². The molecule has 0 bridgehead atoms. The Balaban J connectivity index is 2.58. The van der Waals surface area contributed by atoms with E-state index in [0.29, 0.717) is 18.5 Å². The van der Waals surface area contributed by atoms with Crippen molar-refractivity contribution in [2.24, 2.45) is 0 Å². The van der Waals surface area contributed by atoms with Crippen molar-refractivity contribution < 1.29 is 14.7 Å². The van der Waals surface area contributed by atoms with Crippen LogP contribution >= 0.6 is 0 Å². The SMILES string of the molecule is CC1(C(=O)O)CCC(=O)c2cccn21. The second-order valence-corrected chi connectivity index (χ2v) is 3.77. The molecule has 0 aromatic carbocycles. The minimum Gasteiger partial charge on any atom is -0.479 e. The third-order valence-electron chi connectivity index (χ3n) is 2.87. The average Bonchev–Trinajstić information content (AvgIpc) is 2.61. The van der Waals surface area contributed by atoms with Crippen LogP contribution in [-0.2, 0) is 10.3 Å². The molecule has 1 aliphatic rings. The summed E-state index contributed by atoms with van der Waals surface area (Å²) in [4.78, 5) is 22.6. The molecule has 1 aromatic rings. The molecule has 0 spiro atoms. The zero-order valence-electron chi connectivity index (χ0n) is 7.86. The summed E-state index contributed by atoms with van der Waals surface area (Å²) in [5.41, 5.74) is -0.464. The van der Waals surface area contributed by atoms with Gasteiger partial charge in [0.25, 0.3) is 0 Å². The predicted molar refractivity (Wildman–Crippen MR) is 49.3 cm³/mol. The largest absolute Gasteiger partial charge is 0.479 e. The van der Waals surface area contributed by atoms with Gasteiger partial charge in [-0.1, -0.05) is 0 Å². The van der Waals surface area contributed by atoms with E-state index in [9.17, 15) is 9.59 Å². The highest BCUT2D eigenvalue weighted by atomic mass is 16.4. The van der Waals surface area contributed by atoms with Crippen LogP contribution in [0.5, 0.6) is 0 Å². The van der Waals surface area contributed by atoms with Crippen molar-refractivity contribution in [2.45, 2.75) is 25.3 Å². The highest BCUT2D eigenvalue weighted by molar-refractivity contribution is 5.97. The molecule has 1 N–H and O–H groups in total. The summed E-state index contributed by atoms with van der Waals surface area (Å²) in [5.74, 6) is -0.865. The van der Waals surface area contributed by atoms with Crippen LogP contribution in [0.2, 0.25) is 0 Å². The highest BCUT2D eigenvalue weighted by Gasteiger charge is 2.40. The lowest BCUT2D eigenvalue weighted by molar-refractivity contribution is -0.147. The number of ketones is 1. The standard InChI is InChI=1S/C10H11NO3/c1-10(9(13)14)5-4-8(12)7-3-2-6-11(7)10/h2-3,6H,4-5H2,1H3,(H,13,14). The monoisotopic (exact) mass is 193 g/mol. The van der Waals surface area contributed by atoms with Crippen molar-refractivity contribution >= 4 is 11.8 Å². The summed E-state index contributed by atoms with van der Waals surface area (Å²) >= 11 is 0. The quantitative estimate of drug-likeness (QED) is 0.730. The first-order valence-electron chi connectivity index (χ1n) is 4.50. The van der Waals surface area contributed by atoms with Gasteiger partial charge in [0.1, 0.15) is 5.54 Å². The molecule has 0 saturated heterocycles. The summed E-state index contributed by atoms with van der Waals surface area (Å²) in [6, 6.07) is 3.38. The number of aromatic nitrogens is 1. The Morgan fingerprint density at radius 3 is 3.00 bits per heavy atom. The summed E-state index contributed by atoms with van der Waals surface area (Å²) in [7, 11) is 0. The molecule has 0 amide bonds. The topological polar surface area (TPSA) is 59.3 Å². The Bertz CT molecular complexity index is 407. The van der Waals surface area contributed by atoms with Gasteiger partial charge in [0, 0.05) is 12.6 Å². The number of carbonyl (C=O) groups excluding carboxylic acids is 1. The van der Waals surface area contributed by atoms with E-state index in [0.717, 1.165) is 0 Å². The third-order valence-corrected chi connectivity index (χ3v) is 2.87. The summed E-state index contributed by atoms with van der Waals surface area (Å²) < 4.78 is 1.56. The molecule has 2 rings (SSSR count). The number of hydrogen-bond acceptors (Lipinski definition) is 2. The Kier molecular flexibility index (Phi) is 1.74. The number of aliphatic carboxylic acids is 1. The van der Waals surface area contributed by atoms with Gasteiger partial charge < -0.3 is 9.67 Å². The Morgan fingerprint density at radius 2 is 2.36 bits per heavy atom. The number of carboxylic acid groups (broad SMARTS) is 1. The van der Waals surface area contributed by atoms with E-state index in [-0.39, 0.29) is 5.78 Å². The number of hydrogen-bond donors (Lipinski definition) is 1. The molecule has 1 aliphatic heterocycles. The average molecular weight is 193 g/mol. The molecule has 2 heterocycles. The predicted octanol–water partition coefficient (Wildman–Crippen LogP) is 1.26. The van der Waals surface area contributed by atoms with Gasteiger partial charge in [-0.15, -0.1) is 0 Å². The molecule has 1 aromatic heterocycles. The molecule has 1 atom stereocenters. The fraction of sp³-hybridized carbons (Fsp3) is 0.400. The van der Waals surface area contributed by atoms with E-state index in [2.05, 4.69) is 0 Å². The maximum absolute atomic E-state index is 11.4. The molecule has 4 nitrogen and oxygen atoms in total. The number of carboxylic acids is 1. The summed E-state index contributed by atoms with van der Waals surface area (Å²) in [6.45, 7) is 1.64. The lowest BCUT2D eigenvalue weighted by Gasteiger charge is -2.32. The van der Waals surface area contributed by atoms with Crippen LogP contribution in [0.1, 0.15) is 30.3 Å². The van der Waals surface area contributed by atoms with Crippen LogP contribution in [0.25, 0.3) is 0 Å². The second kappa shape index (κ2) is 2.70. The molecule has 4 heteroatoms. The first kappa shape index (κ1) is 8.99. The normalized spacial score (nSPS) is 25.9. The van der Waals surface area contributed by atoms with Gasteiger partial charge in [0.15, 0.2) is 5.78 Å². The Morgan fingerprint density at radius 1 is 1.64 bits per heavy atom. The van der Waals surface area contributed by atoms with Crippen LogP contribution < -0.4 is 0 Å². The van der Waals surface area contributed by atoms with Crippen LogP contribution in [0.15, 0.2) is 18.3 Å². The van der Waals surface area contributed by atoms with Gasteiger partial charge in [-0.25, -0.2) is 4.79 Å². The molecular formula is C10H11NO3. The maximum Gasteiger partial charge on any atom is 0.329 e. The van der Waals surface area contributed by atoms with Crippen molar-refractivity contribution in [3.05, 3.63) is 24.0 Å². The number of rotatable bonds is 1. The fourth-order valence-corrected chi connectivity index (χ4v) is 1.85. The molecule has 0 saturated carbocycles. The zero-order valence-corrected chi connectivity index (χ0v) is 7.86. The first-order chi connectivity index (χ1) is 6.55. The van der Waals surface area contributed by atoms with E-state index >= 15 is 0 Å². The van der Waals surface area contributed by atoms with Crippen LogP contribution in [0.3, 0.4) is 0 Å². The van der Waals surface area contributed by atoms with Crippen molar-refractivity contribution in [3.8, 4) is 0 Å². The molecule has 14 heavy (non-hydrogen) atoms. The van der Waals surface area contributed by atoms with Gasteiger partial charge in [0.05, 0.1) is 5.69 Å². The first-order valence-corrected chi connectivity index (χ1v) is 4.50. The molecule has 0 radical (unpaired) electrons. The second-order valence-electron chi connectivity index (χ2n) is 3.77. The molecule has 1 unspecified atom stereocenters. The lowest BCUT2D eigenvalue weighted by Crippen LogP contribution is -2.43. The van der Waals surface area contributed by atoms with Crippen molar-refractivity contribution in [1.29, 1.82) is 0 Å². The van der Waals surface area contributed by atoms with Gasteiger partial charge in [-0.2, -0.15) is 0 Å². The van der Waals surface area contributed by atoms with E-state index in [1.165, 1.54) is 0 Å². The maximum atomic E-state index is 11.4. The molecule has 0 aliphatic carbocycles. The number of carbonyl (C=O) groups is 2. The summed E-state index contributed by atoms with van der Waals surface area (Å²) in [5, 5.41) is 9.12. The van der Waals surface area contributed by atoms with E-state index in [1.54, 1.807) is 29.8 Å². The fourth-order valence-electron chi connectivity index (χ4n) is 1.85. The Hall–Kier alpha value is -1.58. The van der Waals surface area contributed by atoms with Crippen LogP contribution in [0, 0.1) is 0 Å². The summed E-state index contributed by atoms with van der Waals surface area (Å²) in [6.07, 6.45) is 2.33. The van der Waals surface area contributed by atoms with Crippen LogP contribution in [-0.4, -0.2) is 21.4 Å². The number of fused-ring (bicyclic) bond motifs is 1. The molecule has 74 valence electrons. The van der Waals surface area contributed by atoms with Gasteiger partial charge in [0.2, 0.25) is 0 Å². The minimum absolute atomic E-state index is 0.0220. The molecule has 0 fully saturated rings. The smallest absolute Gasteiger partial charge is 0.329 e. The van der Waals surface area contributed by atoms with Crippen LogP contribution in [0.4, 0.5) is 0 Å². The third kappa shape index (κ3) is 0.999. The number of Topliss-reactive ketones (excluding diaryl/α,β-unsaturated/α-hetero) is 1. The minimum atomic E-state index is -0.966. The van der Waals surface area contributed by atoms with Gasteiger partial charge >= 0.3 is 5.97 Å². The Labute approximate surface area is 81.2 Å². The van der Waals surface area contributed by atoms with E-state index in [4.69, 9.17) is 5.11 Å². The van der Waals surface area contributed by atoms with Gasteiger partial charge in [-0.3, -0.25) is 4.79 Å².